The van der Waals surface area contributed by atoms with E-state index in [0.717, 1.165) is 10.5 Å². The number of thioether (sulfide) groups is 1. The summed E-state index contributed by atoms with van der Waals surface area (Å²) in [5.74, 6) is 0.379. The molecular formula is C15H14N4OS. The van der Waals surface area contributed by atoms with Gasteiger partial charge < -0.3 is 5.73 Å². The fraction of sp³-hybridized carbons (Fsp3) is 0.133. The molecule has 0 atom stereocenters. The fourth-order valence-corrected chi connectivity index (χ4v) is 2.86. The lowest BCUT2D eigenvalue weighted by molar-refractivity contribution is 0.645. The highest BCUT2D eigenvalue weighted by Crippen LogP contribution is 2.26. The van der Waals surface area contributed by atoms with Gasteiger partial charge in [-0.2, -0.15) is 0 Å². The van der Waals surface area contributed by atoms with Crippen molar-refractivity contribution >= 4 is 28.4 Å². The average molecular weight is 298 g/mol. The van der Waals surface area contributed by atoms with Crippen LogP contribution in [0.25, 0.3) is 10.9 Å². The van der Waals surface area contributed by atoms with Crippen molar-refractivity contribution in [1.29, 1.82) is 0 Å². The third kappa shape index (κ3) is 2.75. The minimum atomic E-state index is -0.140. The smallest absolute Gasteiger partial charge is 0.278 e. The summed E-state index contributed by atoms with van der Waals surface area (Å²) in [5.41, 5.74) is 8.26. The predicted molar refractivity (Wildman–Crippen MR) is 85.2 cm³/mol. The normalized spacial score (nSPS) is 10.9. The molecule has 2 N–H and O–H groups in total. The third-order valence-electron chi connectivity index (χ3n) is 3.14. The average Bonchev–Trinajstić information content (AvgIpc) is 2.48. The van der Waals surface area contributed by atoms with E-state index in [4.69, 9.17) is 5.73 Å². The first-order chi connectivity index (χ1) is 10.1. The van der Waals surface area contributed by atoms with Crippen molar-refractivity contribution in [3.8, 4) is 0 Å². The number of hydrogen-bond acceptors (Lipinski definition) is 5. The van der Waals surface area contributed by atoms with Crippen LogP contribution in [0.2, 0.25) is 0 Å². The topological polar surface area (TPSA) is 73.8 Å². The van der Waals surface area contributed by atoms with Crippen LogP contribution < -0.4 is 11.3 Å². The highest BCUT2D eigenvalue weighted by atomic mass is 32.2. The SMILES string of the molecule is Cc1ccc(SCn2nnc3ccccc3c2=O)c(N)c1. The Kier molecular flexibility index (Phi) is 3.62. The number of fused-ring (bicyclic) bond motifs is 1. The van der Waals surface area contributed by atoms with E-state index in [2.05, 4.69) is 10.3 Å². The summed E-state index contributed by atoms with van der Waals surface area (Å²) < 4.78 is 1.35. The molecule has 0 saturated carbocycles. The predicted octanol–water partition coefficient (Wildman–Crippen LogP) is 2.43. The number of anilines is 1. The maximum atomic E-state index is 12.3. The maximum Gasteiger partial charge on any atom is 0.278 e. The van der Waals surface area contributed by atoms with Crippen LogP contribution in [0.15, 0.2) is 52.2 Å². The van der Waals surface area contributed by atoms with Crippen LogP contribution in [0.3, 0.4) is 0 Å². The van der Waals surface area contributed by atoms with E-state index >= 15 is 0 Å². The van der Waals surface area contributed by atoms with E-state index < -0.39 is 0 Å². The summed E-state index contributed by atoms with van der Waals surface area (Å²) in [6.07, 6.45) is 0. The van der Waals surface area contributed by atoms with Crippen molar-refractivity contribution in [3.05, 3.63) is 58.4 Å². The second-order valence-corrected chi connectivity index (χ2v) is 5.71. The molecule has 0 radical (unpaired) electrons. The molecule has 21 heavy (non-hydrogen) atoms. The van der Waals surface area contributed by atoms with E-state index in [1.807, 2.05) is 37.3 Å². The van der Waals surface area contributed by atoms with Crippen LogP contribution in [-0.2, 0) is 5.88 Å². The van der Waals surface area contributed by atoms with Gasteiger partial charge in [0.1, 0.15) is 5.52 Å². The summed E-state index contributed by atoms with van der Waals surface area (Å²) in [7, 11) is 0. The molecule has 1 aromatic heterocycles. The fourth-order valence-electron chi connectivity index (χ4n) is 2.04. The standard InChI is InChI=1S/C15H14N4OS/c1-10-6-7-14(12(16)8-10)21-9-19-15(20)11-4-2-3-5-13(11)17-18-19/h2-8H,9,16H2,1H3. The molecule has 0 aliphatic carbocycles. The van der Waals surface area contributed by atoms with Crippen LogP contribution in [0.5, 0.6) is 0 Å². The molecule has 106 valence electrons. The van der Waals surface area contributed by atoms with Gasteiger partial charge in [-0.1, -0.05) is 35.2 Å². The first kappa shape index (κ1) is 13.6. The largest absolute Gasteiger partial charge is 0.398 e. The number of benzene rings is 2. The van der Waals surface area contributed by atoms with Gasteiger partial charge in [0, 0.05) is 10.6 Å². The Morgan fingerprint density at radius 2 is 2.05 bits per heavy atom. The molecule has 6 heteroatoms. The lowest BCUT2D eigenvalue weighted by atomic mass is 10.2. The van der Waals surface area contributed by atoms with Gasteiger partial charge in [-0.05, 0) is 36.8 Å². The zero-order valence-corrected chi connectivity index (χ0v) is 12.3. The molecule has 0 unspecified atom stereocenters. The molecule has 3 aromatic rings. The van der Waals surface area contributed by atoms with Crippen molar-refractivity contribution in [2.24, 2.45) is 0 Å². The Labute approximate surface area is 125 Å². The molecule has 0 spiro atoms. The maximum absolute atomic E-state index is 12.3. The number of nitrogens with two attached hydrogens (primary N) is 1. The molecule has 0 bridgehead atoms. The molecule has 3 rings (SSSR count). The molecule has 1 heterocycles. The van der Waals surface area contributed by atoms with E-state index in [1.165, 1.54) is 16.4 Å². The zero-order chi connectivity index (χ0) is 14.8. The van der Waals surface area contributed by atoms with Crippen LogP contribution in [0.1, 0.15) is 5.56 Å². The van der Waals surface area contributed by atoms with Crippen molar-refractivity contribution in [2.45, 2.75) is 17.7 Å². The number of nitrogen functional groups attached to an aromatic ring is 1. The Morgan fingerprint density at radius 1 is 1.24 bits per heavy atom. The molecule has 0 amide bonds. The minimum Gasteiger partial charge on any atom is -0.398 e. The van der Waals surface area contributed by atoms with Crippen molar-refractivity contribution < 1.29 is 0 Å². The van der Waals surface area contributed by atoms with Gasteiger partial charge in [-0.25, -0.2) is 4.68 Å². The summed E-state index contributed by atoms with van der Waals surface area (Å²) in [6.45, 7) is 1.99. The number of hydrogen-bond donors (Lipinski definition) is 1. The Hall–Kier alpha value is -2.34. The number of aromatic nitrogens is 3. The summed E-state index contributed by atoms with van der Waals surface area (Å²) in [5, 5.41) is 8.59. The molecule has 5 nitrogen and oxygen atoms in total. The van der Waals surface area contributed by atoms with E-state index in [0.29, 0.717) is 22.5 Å². The van der Waals surface area contributed by atoms with Gasteiger partial charge in [-0.15, -0.1) is 5.10 Å². The lowest BCUT2D eigenvalue weighted by Crippen LogP contribution is -2.23. The Balaban J connectivity index is 1.88. The monoisotopic (exact) mass is 298 g/mol. The molecule has 0 saturated heterocycles. The van der Waals surface area contributed by atoms with Gasteiger partial charge in [0.2, 0.25) is 0 Å². The highest BCUT2D eigenvalue weighted by molar-refractivity contribution is 7.98. The summed E-state index contributed by atoms with van der Waals surface area (Å²) in [6, 6.07) is 13.1. The van der Waals surface area contributed by atoms with Gasteiger partial charge in [0.05, 0.1) is 11.3 Å². The number of aryl methyl sites for hydroxylation is 1. The van der Waals surface area contributed by atoms with Crippen LogP contribution in [0.4, 0.5) is 5.69 Å². The first-order valence-corrected chi connectivity index (χ1v) is 7.45. The van der Waals surface area contributed by atoms with Crippen LogP contribution in [-0.4, -0.2) is 15.0 Å². The molecule has 0 aliphatic rings. The second kappa shape index (κ2) is 5.57. The van der Waals surface area contributed by atoms with Crippen molar-refractivity contribution in [1.82, 2.24) is 15.0 Å². The third-order valence-corrected chi connectivity index (χ3v) is 4.19. The molecular weight excluding hydrogens is 284 g/mol. The molecule has 0 fully saturated rings. The van der Waals surface area contributed by atoms with Crippen molar-refractivity contribution in [3.63, 3.8) is 0 Å². The van der Waals surface area contributed by atoms with E-state index in [-0.39, 0.29) is 5.56 Å². The second-order valence-electron chi connectivity index (χ2n) is 4.73. The van der Waals surface area contributed by atoms with Gasteiger partial charge >= 0.3 is 0 Å². The van der Waals surface area contributed by atoms with Crippen LogP contribution in [0, 0.1) is 6.92 Å². The summed E-state index contributed by atoms with van der Waals surface area (Å²) >= 11 is 1.47. The zero-order valence-electron chi connectivity index (χ0n) is 11.5. The van der Waals surface area contributed by atoms with Crippen LogP contribution >= 0.6 is 11.8 Å². The molecule has 2 aromatic carbocycles. The van der Waals surface area contributed by atoms with Gasteiger partial charge in [0.15, 0.2) is 0 Å². The lowest BCUT2D eigenvalue weighted by Gasteiger charge is -2.07. The first-order valence-electron chi connectivity index (χ1n) is 6.46. The van der Waals surface area contributed by atoms with E-state index in [1.54, 1.807) is 12.1 Å². The van der Waals surface area contributed by atoms with E-state index in [9.17, 15) is 4.79 Å². The number of rotatable bonds is 3. The highest BCUT2D eigenvalue weighted by Gasteiger charge is 2.06. The van der Waals surface area contributed by atoms with Gasteiger partial charge in [0.25, 0.3) is 5.56 Å². The Bertz CT molecular complexity index is 860. The number of nitrogens with zero attached hydrogens (tertiary/aromatic N) is 3. The van der Waals surface area contributed by atoms with Crippen molar-refractivity contribution in [2.75, 3.05) is 5.73 Å². The Morgan fingerprint density at radius 3 is 2.86 bits per heavy atom. The quantitative estimate of drug-likeness (QED) is 0.594. The molecule has 0 aliphatic heterocycles. The van der Waals surface area contributed by atoms with Gasteiger partial charge in [-0.3, -0.25) is 4.79 Å². The minimum absolute atomic E-state index is 0.140. The summed E-state index contributed by atoms with van der Waals surface area (Å²) in [4.78, 5) is 13.2.